The normalized spacial score (nSPS) is 25.7. The van der Waals surface area contributed by atoms with Gasteiger partial charge in [0, 0.05) is 37.3 Å². The highest BCUT2D eigenvalue weighted by Crippen LogP contribution is 2.33. The van der Waals surface area contributed by atoms with E-state index < -0.39 is 5.54 Å². The summed E-state index contributed by atoms with van der Waals surface area (Å²) in [6.07, 6.45) is 4.95. The second-order valence-corrected chi connectivity index (χ2v) is 7.97. The zero-order valence-electron chi connectivity index (χ0n) is 16.4. The van der Waals surface area contributed by atoms with E-state index in [0.717, 1.165) is 37.7 Å². The number of piperazine rings is 1. The second kappa shape index (κ2) is 9.07. The van der Waals surface area contributed by atoms with Crippen molar-refractivity contribution in [3.63, 3.8) is 0 Å². The summed E-state index contributed by atoms with van der Waals surface area (Å²) in [5.74, 6) is 0.148. The number of aryl methyl sites for hydroxylation is 1. The number of carbonyl (C=O) groups excluding carboxylic acids is 2. The topological polar surface area (TPSA) is 66.6 Å². The number of nitrogens with zero attached hydrogens (tertiary/aromatic N) is 2. The maximum Gasteiger partial charge on any atom is 0.253 e. The van der Waals surface area contributed by atoms with Gasteiger partial charge in [-0.15, -0.1) is 12.4 Å². The van der Waals surface area contributed by atoms with Gasteiger partial charge in [0.15, 0.2) is 0 Å². The predicted octanol–water partition coefficient (Wildman–Crippen LogP) is 2.86. The molecule has 1 saturated carbocycles. The number of amides is 2. The quantitative estimate of drug-likeness (QED) is 0.858. The number of rotatable bonds is 3. The third kappa shape index (κ3) is 4.82. The Morgan fingerprint density at radius 1 is 1.07 bits per heavy atom. The molecule has 27 heavy (non-hydrogen) atoms. The molecule has 1 aliphatic carbocycles. The molecule has 0 radical (unpaired) electrons. The smallest absolute Gasteiger partial charge is 0.253 e. The van der Waals surface area contributed by atoms with Crippen LogP contribution < -0.4 is 5.73 Å². The van der Waals surface area contributed by atoms with Crippen LogP contribution in [0.2, 0.25) is 0 Å². The average Bonchev–Trinajstić information content (AvgIpc) is 2.67. The molecule has 5 nitrogen and oxygen atoms in total. The van der Waals surface area contributed by atoms with E-state index in [9.17, 15) is 9.59 Å². The lowest BCUT2D eigenvalue weighted by molar-refractivity contribution is -0.140. The van der Waals surface area contributed by atoms with E-state index in [1.165, 1.54) is 5.56 Å². The van der Waals surface area contributed by atoms with Crippen molar-refractivity contribution in [3.8, 4) is 0 Å². The third-order valence-electron chi connectivity index (χ3n) is 6.04. The van der Waals surface area contributed by atoms with Gasteiger partial charge in [0.05, 0.1) is 5.92 Å². The molecular formula is C21H32ClN3O2. The van der Waals surface area contributed by atoms with E-state index in [1.54, 1.807) is 0 Å². The molecule has 2 N–H and O–H groups in total. The van der Waals surface area contributed by atoms with E-state index in [1.807, 2.05) is 41.0 Å². The Morgan fingerprint density at radius 2 is 1.67 bits per heavy atom. The van der Waals surface area contributed by atoms with Crippen molar-refractivity contribution in [1.82, 2.24) is 9.80 Å². The Kier molecular flexibility index (Phi) is 7.29. The maximum atomic E-state index is 12.9. The van der Waals surface area contributed by atoms with Gasteiger partial charge in [-0.2, -0.15) is 0 Å². The minimum atomic E-state index is -0.399. The van der Waals surface area contributed by atoms with Gasteiger partial charge in [-0.05, 0) is 43.9 Å². The minimum absolute atomic E-state index is 0. The van der Waals surface area contributed by atoms with Gasteiger partial charge in [0.25, 0.3) is 5.91 Å². The van der Waals surface area contributed by atoms with Gasteiger partial charge in [-0.3, -0.25) is 9.59 Å². The molecule has 1 aliphatic heterocycles. The standard InChI is InChI=1S/C21H31N3O2.ClH/c1-3-16-7-9-17(10-8-16)19(25)23-12-14-24(15-13-23)20(26)18-6-4-5-11-21(18,2)22;/h7-10,18H,3-6,11-15,22H2,1-2H3;1H. The van der Waals surface area contributed by atoms with Crippen LogP contribution in [0.4, 0.5) is 0 Å². The molecule has 0 bridgehead atoms. The number of halogens is 1. The molecule has 3 rings (SSSR count). The molecule has 2 fully saturated rings. The van der Waals surface area contributed by atoms with Crippen molar-refractivity contribution in [1.29, 1.82) is 0 Å². The van der Waals surface area contributed by atoms with Crippen molar-refractivity contribution < 1.29 is 9.59 Å². The zero-order chi connectivity index (χ0) is 18.7. The second-order valence-electron chi connectivity index (χ2n) is 7.97. The molecule has 0 aromatic heterocycles. The molecule has 150 valence electrons. The van der Waals surface area contributed by atoms with Crippen molar-refractivity contribution in [2.24, 2.45) is 11.7 Å². The first-order valence-electron chi connectivity index (χ1n) is 9.88. The van der Waals surface area contributed by atoms with E-state index >= 15 is 0 Å². The molecule has 2 amide bonds. The van der Waals surface area contributed by atoms with Gasteiger partial charge in [0.2, 0.25) is 5.91 Å². The zero-order valence-corrected chi connectivity index (χ0v) is 17.3. The first-order chi connectivity index (χ1) is 12.4. The lowest BCUT2D eigenvalue weighted by Crippen LogP contribution is -2.57. The molecule has 6 heteroatoms. The summed E-state index contributed by atoms with van der Waals surface area (Å²) in [5, 5.41) is 0. The highest BCUT2D eigenvalue weighted by atomic mass is 35.5. The molecule has 1 aromatic carbocycles. The first kappa shape index (κ1) is 21.7. The van der Waals surface area contributed by atoms with E-state index in [0.29, 0.717) is 26.2 Å². The van der Waals surface area contributed by atoms with Crippen LogP contribution in [0.5, 0.6) is 0 Å². The summed E-state index contributed by atoms with van der Waals surface area (Å²) in [6, 6.07) is 7.83. The van der Waals surface area contributed by atoms with Crippen LogP contribution >= 0.6 is 12.4 Å². The monoisotopic (exact) mass is 393 g/mol. The Hall–Kier alpha value is -1.59. The van der Waals surface area contributed by atoms with Gasteiger partial charge in [0.1, 0.15) is 0 Å². The lowest BCUT2D eigenvalue weighted by atomic mass is 9.74. The first-order valence-corrected chi connectivity index (χ1v) is 9.88. The summed E-state index contributed by atoms with van der Waals surface area (Å²) in [6.45, 7) is 6.50. The van der Waals surface area contributed by atoms with Gasteiger partial charge in [-0.1, -0.05) is 31.9 Å². The Bertz CT molecular complexity index is 652. The summed E-state index contributed by atoms with van der Waals surface area (Å²) in [4.78, 5) is 29.4. The van der Waals surface area contributed by atoms with Gasteiger partial charge >= 0.3 is 0 Å². The average molecular weight is 394 g/mol. The highest BCUT2D eigenvalue weighted by Gasteiger charge is 2.40. The highest BCUT2D eigenvalue weighted by molar-refractivity contribution is 5.94. The van der Waals surface area contributed by atoms with Crippen LogP contribution in [0.3, 0.4) is 0 Å². The summed E-state index contributed by atoms with van der Waals surface area (Å²) in [5.41, 5.74) is 7.95. The van der Waals surface area contributed by atoms with Crippen molar-refractivity contribution in [2.75, 3.05) is 26.2 Å². The van der Waals surface area contributed by atoms with Gasteiger partial charge < -0.3 is 15.5 Å². The predicted molar refractivity (Wildman–Crippen MR) is 110 cm³/mol. The van der Waals surface area contributed by atoms with Crippen LogP contribution in [-0.4, -0.2) is 53.3 Å². The molecule has 0 spiro atoms. The van der Waals surface area contributed by atoms with Crippen LogP contribution in [0.1, 0.15) is 55.5 Å². The maximum absolute atomic E-state index is 12.9. The van der Waals surface area contributed by atoms with Crippen molar-refractivity contribution in [2.45, 2.75) is 51.5 Å². The molecular weight excluding hydrogens is 362 g/mol. The third-order valence-corrected chi connectivity index (χ3v) is 6.04. The fraction of sp³-hybridized carbons (Fsp3) is 0.619. The number of hydrogen-bond acceptors (Lipinski definition) is 3. The molecule has 2 atom stereocenters. The number of nitrogens with two attached hydrogens (primary N) is 1. The molecule has 2 aliphatic rings. The van der Waals surface area contributed by atoms with E-state index in [4.69, 9.17) is 5.73 Å². The van der Waals surface area contributed by atoms with E-state index in [2.05, 4.69) is 6.92 Å². The molecule has 1 saturated heterocycles. The fourth-order valence-corrected chi connectivity index (χ4v) is 4.18. The largest absolute Gasteiger partial charge is 0.339 e. The Morgan fingerprint density at radius 3 is 2.22 bits per heavy atom. The molecule has 2 unspecified atom stereocenters. The summed E-state index contributed by atoms with van der Waals surface area (Å²) < 4.78 is 0. The van der Waals surface area contributed by atoms with Gasteiger partial charge in [-0.25, -0.2) is 0 Å². The van der Waals surface area contributed by atoms with Crippen molar-refractivity contribution in [3.05, 3.63) is 35.4 Å². The molecule has 1 aromatic rings. The van der Waals surface area contributed by atoms with Crippen LogP contribution in [0, 0.1) is 5.92 Å². The molecule has 1 heterocycles. The Labute approximate surface area is 168 Å². The summed E-state index contributed by atoms with van der Waals surface area (Å²) in [7, 11) is 0. The number of benzene rings is 1. The summed E-state index contributed by atoms with van der Waals surface area (Å²) >= 11 is 0. The SMILES string of the molecule is CCc1ccc(C(=O)N2CCN(C(=O)C3CCCCC3(C)N)CC2)cc1.Cl. The van der Waals surface area contributed by atoms with Crippen LogP contribution in [0.25, 0.3) is 0 Å². The van der Waals surface area contributed by atoms with E-state index in [-0.39, 0.29) is 30.1 Å². The number of carbonyl (C=O) groups is 2. The van der Waals surface area contributed by atoms with Crippen LogP contribution in [0.15, 0.2) is 24.3 Å². The van der Waals surface area contributed by atoms with Crippen LogP contribution in [-0.2, 0) is 11.2 Å². The fourth-order valence-electron chi connectivity index (χ4n) is 4.18. The number of hydrogen-bond donors (Lipinski definition) is 1. The minimum Gasteiger partial charge on any atom is -0.339 e. The Balaban J connectivity index is 0.00000261. The van der Waals surface area contributed by atoms with Crippen molar-refractivity contribution >= 4 is 24.2 Å². The lowest BCUT2D eigenvalue weighted by Gasteiger charge is -2.42.